The Hall–Kier alpha value is -0.610. The molecule has 0 aliphatic carbocycles. The summed E-state index contributed by atoms with van der Waals surface area (Å²) < 4.78 is 10.8. The van der Waals surface area contributed by atoms with Crippen LogP contribution in [-0.2, 0) is 14.3 Å². The lowest BCUT2D eigenvalue weighted by Crippen LogP contribution is -2.24. The molecule has 1 N–H and O–H groups in total. The van der Waals surface area contributed by atoms with E-state index >= 15 is 0 Å². The molecule has 0 aliphatic heterocycles. The summed E-state index contributed by atoms with van der Waals surface area (Å²) in [4.78, 5) is 11.9. The van der Waals surface area contributed by atoms with Crippen LogP contribution in [0.3, 0.4) is 0 Å². The lowest BCUT2D eigenvalue weighted by atomic mass is 10.0. The van der Waals surface area contributed by atoms with Gasteiger partial charge in [-0.15, -0.1) is 0 Å². The van der Waals surface area contributed by atoms with E-state index in [-0.39, 0.29) is 19.2 Å². The molecule has 0 heterocycles. The topological polar surface area (TPSA) is 55.8 Å². The van der Waals surface area contributed by atoms with Crippen molar-refractivity contribution in [2.75, 3.05) is 19.8 Å². The number of carbonyl (C=O) groups is 1. The molecule has 0 aromatic rings. The fraction of sp³-hybridized carbons (Fsp3) is 0.971. The van der Waals surface area contributed by atoms with E-state index in [1.807, 2.05) is 0 Å². The van der Waals surface area contributed by atoms with Crippen LogP contribution in [0.25, 0.3) is 0 Å². The van der Waals surface area contributed by atoms with E-state index in [2.05, 4.69) is 13.8 Å². The van der Waals surface area contributed by atoms with Gasteiger partial charge in [0.1, 0.15) is 12.7 Å². The molecule has 0 fully saturated rings. The highest BCUT2D eigenvalue weighted by atomic mass is 16.5. The normalized spacial score (nSPS) is 12.2. The summed E-state index contributed by atoms with van der Waals surface area (Å²) in [6.45, 7) is 5.54. The molecule has 0 radical (unpaired) electrons. The van der Waals surface area contributed by atoms with Crippen molar-refractivity contribution in [3.8, 4) is 0 Å². The average molecular weight is 555 g/mol. The second-order valence-corrected chi connectivity index (χ2v) is 12.0. The highest BCUT2D eigenvalue weighted by molar-refractivity contribution is 5.69. The third-order valence-electron chi connectivity index (χ3n) is 7.87. The van der Waals surface area contributed by atoms with E-state index in [1.165, 1.54) is 154 Å². The fourth-order valence-electron chi connectivity index (χ4n) is 5.21. The van der Waals surface area contributed by atoms with E-state index < -0.39 is 6.10 Å². The van der Waals surface area contributed by atoms with Crippen molar-refractivity contribution in [3.63, 3.8) is 0 Å². The lowest BCUT2D eigenvalue weighted by molar-refractivity contribution is -0.147. The van der Waals surface area contributed by atoms with Crippen LogP contribution in [0.5, 0.6) is 0 Å². The number of ether oxygens (including phenoxy) is 2. The summed E-state index contributed by atoms with van der Waals surface area (Å²) in [7, 11) is 0. The Kier molecular flexibility index (Phi) is 33.1. The summed E-state index contributed by atoms with van der Waals surface area (Å²) in [6, 6.07) is 0. The molecule has 1 atom stereocenters. The molecule has 0 spiro atoms. The van der Waals surface area contributed by atoms with Crippen LogP contribution in [0, 0.1) is 0 Å². The average Bonchev–Trinajstić information content (AvgIpc) is 2.94. The van der Waals surface area contributed by atoms with Gasteiger partial charge in [-0.05, 0) is 12.8 Å². The molecule has 0 aliphatic rings. The van der Waals surface area contributed by atoms with Crippen LogP contribution < -0.4 is 0 Å². The quantitative estimate of drug-likeness (QED) is 0.0647. The third-order valence-corrected chi connectivity index (χ3v) is 7.87. The number of hydrogen-bond donors (Lipinski definition) is 1. The van der Waals surface area contributed by atoms with Crippen molar-refractivity contribution < 1.29 is 19.4 Å². The monoisotopic (exact) mass is 555 g/mol. The first-order valence-corrected chi connectivity index (χ1v) is 17.6. The van der Waals surface area contributed by atoms with Gasteiger partial charge < -0.3 is 14.6 Å². The first-order valence-electron chi connectivity index (χ1n) is 17.6. The Morgan fingerprint density at radius 3 is 1.21 bits per heavy atom. The lowest BCUT2D eigenvalue weighted by Gasteiger charge is -2.12. The molecule has 1 unspecified atom stereocenters. The van der Waals surface area contributed by atoms with Crippen molar-refractivity contribution in [3.05, 3.63) is 0 Å². The number of carbonyl (C=O) groups excluding carboxylic acids is 1. The highest BCUT2D eigenvalue weighted by Gasteiger charge is 2.09. The molecule has 0 bridgehead atoms. The van der Waals surface area contributed by atoms with Gasteiger partial charge in [-0.25, -0.2) is 0 Å². The number of rotatable bonds is 33. The molecule has 234 valence electrons. The van der Waals surface area contributed by atoms with Crippen LogP contribution in [0.4, 0.5) is 0 Å². The Bertz CT molecular complexity index is 468. The summed E-state index contributed by atoms with van der Waals surface area (Å²) in [5.74, 6) is -0.191. The largest absolute Gasteiger partial charge is 0.463 e. The maximum absolute atomic E-state index is 11.9. The third kappa shape index (κ3) is 33.5. The van der Waals surface area contributed by atoms with E-state index in [1.54, 1.807) is 0 Å². The Labute approximate surface area is 244 Å². The minimum Gasteiger partial charge on any atom is -0.463 e. The van der Waals surface area contributed by atoms with Gasteiger partial charge in [0.25, 0.3) is 0 Å². The van der Waals surface area contributed by atoms with Crippen LogP contribution in [0.15, 0.2) is 0 Å². The van der Waals surface area contributed by atoms with Gasteiger partial charge in [-0.1, -0.05) is 174 Å². The molecular weight excluding hydrogens is 484 g/mol. The number of unbranched alkanes of at least 4 members (excludes halogenated alkanes) is 25. The Morgan fingerprint density at radius 1 is 0.487 bits per heavy atom. The first kappa shape index (κ1) is 38.4. The summed E-state index contributed by atoms with van der Waals surface area (Å²) in [6.07, 6.45) is 35.5. The smallest absolute Gasteiger partial charge is 0.305 e. The molecule has 0 aromatic heterocycles. The highest BCUT2D eigenvalue weighted by Crippen LogP contribution is 2.14. The summed E-state index contributed by atoms with van der Waals surface area (Å²) in [5.41, 5.74) is 0. The van der Waals surface area contributed by atoms with Crippen LogP contribution in [0.2, 0.25) is 0 Å². The second-order valence-electron chi connectivity index (χ2n) is 12.0. The number of hydrogen-bond acceptors (Lipinski definition) is 4. The Balaban J connectivity index is 3.26. The minimum atomic E-state index is -0.716. The standard InChI is InChI=1S/C35H70O4/c1-3-5-7-9-11-13-15-17-19-21-23-25-27-29-31-38-32-34(36)33-39-35(37)30-28-26-24-22-20-18-16-14-12-10-8-6-4-2/h34,36H,3-33H2,1-2H3. The second kappa shape index (κ2) is 33.6. The van der Waals surface area contributed by atoms with Gasteiger partial charge in [0.2, 0.25) is 0 Å². The summed E-state index contributed by atoms with van der Waals surface area (Å²) in [5, 5.41) is 10.00. The van der Waals surface area contributed by atoms with E-state index in [0.717, 1.165) is 19.3 Å². The zero-order valence-electron chi connectivity index (χ0n) is 26.7. The predicted octanol–water partition coefficient (Wildman–Crippen LogP) is 10.9. The SMILES string of the molecule is CCCCCCCCCCCCCCCCOCC(O)COC(=O)CCCCCCCCCCCCCCC. The zero-order valence-corrected chi connectivity index (χ0v) is 26.7. The predicted molar refractivity (Wildman–Crippen MR) is 168 cm³/mol. The number of aliphatic hydroxyl groups is 1. The number of aliphatic hydroxyl groups excluding tert-OH is 1. The van der Waals surface area contributed by atoms with Crippen molar-refractivity contribution in [1.29, 1.82) is 0 Å². The zero-order chi connectivity index (χ0) is 28.5. The molecule has 39 heavy (non-hydrogen) atoms. The Morgan fingerprint density at radius 2 is 0.821 bits per heavy atom. The van der Waals surface area contributed by atoms with E-state index in [0.29, 0.717) is 13.0 Å². The van der Waals surface area contributed by atoms with E-state index in [9.17, 15) is 9.90 Å². The molecule has 0 saturated carbocycles. The van der Waals surface area contributed by atoms with Gasteiger partial charge in [-0.3, -0.25) is 4.79 Å². The van der Waals surface area contributed by atoms with Crippen molar-refractivity contribution in [2.45, 2.75) is 200 Å². The molecule has 0 saturated heterocycles. The molecule has 4 heteroatoms. The molecule has 0 amide bonds. The fourth-order valence-corrected chi connectivity index (χ4v) is 5.21. The van der Waals surface area contributed by atoms with Crippen LogP contribution >= 0.6 is 0 Å². The van der Waals surface area contributed by atoms with Gasteiger partial charge in [-0.2, -0.15) is 0 Å². The molecular formula is C35H70O4. The molecule has 0 rings (SSSR count). The van der Waals surface area contributed by atoms with Gasteiger partial charge in [0.05, 0.1) is 6.61 Å². The van der Waals surface area contributed by atoms with Gasteiger partial charge >= 0.3 is 5.97 Å². The maximum Gasteiger partial charge on any atom is 0.305 e. The van der Waals surface area contributed by atoms with Crippen LogP contribution in [0.1, 0.15) is 194 Å². The minimum absolute atomic E-state index is 0.0516. The molecule has 4 nitrogen and oxygen atoms in total. The van der Waals surface area contributed by atoms with Crippen molar-refractivity contribution in [2.24, 2.45) is 0 Å². The number of esters is 1. The van der Waals surface area contributed by atoms with E-state index in [4.69, 9.17) is 9.47 Å². The van der Waals surface area contributed by atoms with Crippen molar-refractivity contribution in [1.82, 2.24) is 0 Å². The van der Waals surface area contributed by atoms with Crippen molar-refractivity contribution >= 4 is 5.97 Å². The van der Waals surface area contributed by atoms with Gasteiger partial charge in [0.15, 0.2) is 0 Å². The van der Waals surface area contributed by atoms with Gasteiger partial charge in [0, 0.05) is 13.0 Å². The van der Waals surface area contributed by atoms with Crippen LogP contribution in [-0.4, -0.2) is 37.0 Å². The summed E-state index contributed by atoms with van der Waals surface area (Å²) >= 11 is 0. The maximum atomic E-state index is 11.9. The molecule has 0 aromatic carbocycles. The first-order chi connectivity index (χ1) is 19.2.